The van der Waals surface area contributed by atoms with Gasteiger partial charge in [-0.2, -0.15) is 0 Å². The molecule has 0 radical (unpaired) electrons. The largest absolute Gasteiger partial charge is 0.436 e. The number of fused-ring (bicyclic) bond motifs is 2. The highest BCUT2D eigenvalue weighted by molar-refractivity contribution is 14.1. The summed E-state index contributed by atoms with van der Waals surface area (Å²) < 4.78 is 7.01. The first-order chi connectivity index (χ1) is 14.6. The predicted molar refractivity (Wildman–Crippen MR) is 129 cm³/mol. The van der Waals surface area contributed by atoms with Gasteiger partial charge in [0.25, 0.3) is 5.91 Å². The Labute approximate surface area is 187 Å². The van der Waals surface area contributed by atoms with Crippen molar-refractivity contribution in [2.45, 2.75) is 6.92 Å². The zero-order valence-electron chi connectivity index (χ0n) is 16.1. The third-order valence-corrected chi connectivity index (χ3v) is 5.77. The summed E-state index contributed by atoms with van der Waals surface area (Å²) in [5, 5.41) is 5.02. The van der Waals surface area contributed by atoms with Gasteiger partial charge in [-0.1, -0.05) is 36.4 Å². The van der Waals surface area contributed by atoms with Crippen LogP contribution in [0, 0.1) is 10.5 Å². The fraction of sp³-hybridized carbons (Fsp3) is 0.0400. The lowest BCUT2D eigenvalue weighted by Crippen LogP contribution is -2.12. The molecule has 0 bridgehead atoms. The fourth-order valence-electron chi connectivity index (χ4n) is 3.60. The number of carbonyl (C=O) groups is 1. The van der Waals surface area contributed by atoms with Crippen LogP contribution in [0.1, 0.15) is 15.9 Å². The number of aromatic nitrogens is 1. The molecule has 0 fully saturated rings. The van der Waals surface area contributed by atoms with E-state index >= 15 is 0 Å². The van der Waals surface area contributed by atoms with Crippen LogP contribution in [-0.2, 0) is 0 Å². The maximum absolute atomic E-state index is 13.0. The smallest absolute Gasteiger partial charge is 0.256 e. The molecule has 1 heterocycles. The minimum atomic E-state index is -0.146. The van der Waals surface area contributed by atoms with E-state index in [0.717, 1.165) is 25.5 Å². The Kier molecular flexibility index (Phi) is 4.75. The number of carbonyl (C=O) groups excluding carboxylic acids is 1. The van der Waals surface area contributed by atoms with Gasteiger partial charge in [0.1, 0.15) is 5.52 Å². The van der Waals surface area contributed by atoms with Crippen LogP contribution in [0.25, 0.3) is 33.3 Å². The van der Waals surface area contributed by atoms with Crippen LogP contribution in [0.15, 0.2) is 83.3 Å². The Hall–Kier alpha value is -3.19. The van der Waals surface area contributed by atoms with Crippen LogP contribution < -0.4 is 5.32 Å². The number of nitrogens with one attached hydrogen (secondary N) is 1. The molecule has 0 aliphatic rings. The third-order valence-electron chi connectivity index (χ3n) is 5.10. The van der Waals surface area contributed by atoms with E-state index in [4.69, 9.17) is 4.42 Å². The van der Waals surface area contributed by atoms with Gasteiger partial charge in [0, 0.05) is 20.4 Å². The number of hydrogen-bond acceptors (Lipinski definition) is 3. The van der Waals surface area contributed by atoms with Crippen molar-refractivity contribution in [1.29, 1.82) is 0 Å². The van der Waals surface area contributed by atoms with Crippen LogP contribution in [0.4, 0.5) is 5.69 Å². The second-order valence-corrected chi connectivity index (χ2v) is 8.39. The molecule has 0 aliphatic carbocycles. The molecule has 0 aliphatic heterocycles. The molecule has 1 aromatic heterocycles. The SMILES string of the molecule is Cc1ccc(C(=O)Nc2ccc3oc(-c4cccc(I)c4)nc3c2)c2ccccc12. The number of anilines is 1. The molecule has 0 atom stereocenters. The van der Waals surface area contributed by atoms with E-state index < -0.39 is 0 Å². The fourth-order valence-corrected chi connectivity index (χ4v) is 4.14. The molecule has 5 heteroatoms. The average Bonchev–Trinajstić information content (AvgIpc) is 3.18. The van der Waals surface area contributed by atoms with Crippen LogP contribution in [-0.4, -0.2) is 10.9 Å². The van der Waals surface area contributed by atoms with E-state index in [-0.39, 0.29) is 5.91 Å². The van der Waals surface area contributed by atoms with Gasteiger partial charge in [0.15, 0.2) is 5.58 Å². The summed E-state index contributed by atoms with van der Waals surface area (Å²) in [6.45, 7) is 2.05. The summed E-state index contributed by atoms with van der Waals surface area (Å²) in [5.41, 5.74) is 4.79. The average molecular weight is 504 g/mol. The molecular formula is C25H17IN2O2. The van der Waals surface area contributed by atoms with Crippen molar-refractivity contribution in [3.8, 4) is 11.5 Å². The number of rotatable bonds is 3. The molecule has 0 saturated heterocycles. The topological polar surface area (TPSA) is 55.1 Å². The van der Waals surface area contributed by atoms with Gasteiger partial charge < -0.3 is 9.73 Å². The zero-order valence-corrected chi connectivity index (χ0v) is 18.3. The van der Waals surface area contributed by atoms with E-state index in [9.17, 15) is 4.79 Å². The van der Waals surface area contributed by atoms with Crippen molar-refractivity contribution in [2.24, 2.45) is 0 Å². The lowest BCUT2D eigenvalue weighted by atomic mass is 10.00. The predicted octanol–water partition coefficient (Wildman–Crippen LogP) is 6.81. The molecule has 146 valence electrons. The Bertz CT molecular complexity index is 1420. The molecular weight excluding hydrogens is 487 g/mol. The number of aryl methyl sites for hydroxylation is 1. The molecule has 0 saturated carbocycles. The first kappa shape index (κ1) is 18.8. The van der Waals surface area contributed by atoms with Crippen LogP contribution in [0.3, 0.4) is 0 Å². The summed E-state index contributed by atoms with van der Waals surface area (Å²) in [7, 11) is 0. The summed E-state index contributed by atoms with van der Waals surface area (Å²) in [5.74, 6) is 0.420. The second kappa shape index (κ2) is 7.57. The summed E-state index contributed by atoms with van der Waals surface area (Å²) in [6.07, 6.45) is 0. The monoisotopic (exact) mass is 504 g/mol. The maximum Gasteiger partial charge on any atom is 0.256 e. The standard InChI is InChI=1S/C25H17IN2O2/c1-15-9-11-21(20-8-3-2-7-19(15)20)24(29)27-18-10-12-23-22(14-18)28-25(30-23)16-5-4-6-17(26)13-16/h2-14H,1H3,(H,27,29). The zero-order chi connectivity index (χ0) is 20.7. The number of hydrogen-bond donors (Lipinski definition) is 1. The third kappa shape index (κ3) is 3.45. The molecule has 30 heavy (non-hydrogen) atoms. The van der Waals surface area contributed by atoms with Gasteiger partial charge in [0.05, 0.1) is 0 Å². The Balaban J connectivity index is 1.47. The summed E-state index contributed by atoms with van der Waals surface area (Å²) in [4.78, 5) is 17.6. The van der Waals surface area contributed by atoms with E-state index in [1.54, 1.807) is 0 Å². The minimum Gasteiger partial charge on any atom is -0.436 e. The number of benzene rings is 4. The Morgan fingerprint density at radius 1 is 0.933 bits per heavy atom. The van der Waals surface area contributed by atoms with Gasteiger partial charge >= 0.3 is 0 Å². The van der Waals surface area contributed by atoms with Gasteiger partial charge in [-0.3, -0.25) is 4.79 Å². The van der Waals surface area contributed by atoms with Crippen molar-refractivity contribution < 1.29 is 9.21 Å². The van der Waals surface area contributed by atoms with Crippen molar-refractivity contribution in [3.63, 3.8) is 0 Å². The van der Waals surface area contributed by atoms with Crippen molar-refractivity contribution in [2.75, 3.05) is 5.32 Å². The van der Waals surface area contributed by atoms with Gasteiger partial charge in [-0.15, -0.1) is 0 Å². The van der Waals surface area contributed by atoms with Crippen LogP contribution >= 0.6 is 22.6 Å². The lowest BCUT2D eigenvalue weighted by Gasteiger charge is -2.10. The first-order valence-electron chi connectivity index (χ1n) is 9.55. The van der Waals surface area contributed by atoms with Crippen molar-refractivity contribution in [1.82, 2.24) is 4.98 Å². The second-order valence-electron chi connectivity index (χ2n) is 7.14. The van der Waals surface area contributed by atoms with Crippen molar-refractivity contribution >= 4 is 56.1 Å². The highest BCUT2D eigenvalue weighted by atomic mass is 127. The first-order valence-corrected chi connectivity index (χ1v) is 10.6. The number of halogens is 1. The molecule has 1 N–H and O–H groups in total. The van der Waals surface area contributed by atoms with E-state index in [0.29, 0.717) is 28.2 Å². The van der Waals surface area contributed by atoms with E-state index in [1.165, 1.54) is 0 Å². The minimum absolute atomic E-state index is 0.146. The van der Waals surface area contributed by atoms with E-state index in [1.807, 2.05) is 85.8 Å². The van der Waals surface area contributed by atoms with Gasteiger partial charge in [-0.05, 0) is 88.3 Å². The molecule has 0 spiro atoms. The number of amides is 1. The highest BCUT2D eigenvalue weighted by Gasteiger charge is 2.13. The highest BCUT2D eigenvalue weighted by Crippen LogP contribution is 2.28. The summed E-state index contributed by atoms with van der Waals surface area (Å²) >= 11 is 2.27. The normalized spacial score (nSPS) is 11.1. The molecule has 5 aromatic rings. The molecule has 4 nitrogen and oxygen atoms in total. The quantitative estimate of drug-likeness (QED) is 0.275. The Morgan fingerprint density at radius 2 is 1.77 bits per heavy atom. The number of oxazole rings is 1. The van der Waals surface area contributed by atoms with E-state index in [2.05, 4.69) is 32.9 Å². The van der Waals surface area contributed by atoms with Gasteiger partial charge in [0.2, 0.25) is 5.89 Å². The lowest BCUT2D eigenvalue weighted by molar-refractivity contribution is 0.102. The molecule has 4 aromatic carbocycles. The maximum atomic E-state index is 13.0. The van der Waals surface area contributed by atoms with Crippen LogP contribution in [0.2, 0.25) is 0 Å². The van der Waals surface area contributed by atoms with Crippen molar-refractivity contribution in [3.05, 3.63) is 93.6 Å². The summed E-state index contributed by atoms with van der Waals surface area (Å²) in [6, 6.07) is 25.3. The Morgan fingerprint density at radius 3 is 2.60 bits per heavy atom. The molecule has 5 rings (SSSR count). The van der Waals surface area contributed by atoms with Gasteiger partial charge in [-0.25, -0.2) is 4.98 Å². The molecule has 1 amide bonds. The number of nitrogens with zero attached hydrogens (tertiary/aromatic N) is 1. The van der Waals surface area contributed by atoms with Crippen LogP contribution in [0.5, 0.6) is 0 Å². The molecule has 0 unspecified atom stereocenters.